The smallest absolute Gasteiger partial charge is 0.231 e. The molecule has 8 rings (SSSR count). The Morgan fingerprint density at radius 2 is 1.69 bits per heavy atom. The van der Waals surface area contributed by atoms with Crippen LogP contribution in [0.25, 0.3) is 22.0 Å². The van der Waals surface area contributed by atoms with E-state index in [9.17, 15) is 9.90 Å². The number of aliphatic hydroxyl groups is 1. The number of nitrogens with zero attached hydrogens (tertiary/aromatic N) is 6. The van der Waals surface area contributed by atoms with Crippen molar-refractivity contribution in [1.82, 2.24) is 35.5 Å². The van der Waals surface area contributed by atoms with Crippen LogP contribution in [0, 0.1) is 6.92 Å². The van der Waals surface area contributed by atoms with Gasteiger partial charge < -0.3 is 40.3 Å². The van der Waals surface area contributed by atoms with Gasteiger partial charge in [0.25, 0.3) is 0 Å². The van der Waals surface area contributed by atoms with Crippen molar-refractivity contribution < 1.29 is 19.4 Å². The monoisotopic (exact) mass is 905 g/mol. The molecule has 4 N–H and O–H groups in total. The number of rotatable bonds is 14. The molecule has 4 atom stereocenters. The van der Waals surface area contributed by atoms with Crippen molar-refractivity contribution >= 4 is 51.4 Å². The molecule has 4 heterocycles. The lowest BCUT2D eigenvalue weighted by molar-refractivity contribution is -0.133. The zero-order valence-electron chi connectivity index (χ0n) is 38.0. The summed E-state index contributed by atoms with van der Waals surface area (Å²) in [5.74, 6) is 3.81. The predicted octanol–water partition coefficient (Wildman–Crippen LogP) is 8.68. The van der Waals surface area contributed by atoms with E-state index in [0.717, 1.165) is 45.9 Å². The fraction of sp³-hybridized carbons (Fsp3) is 0.408. The van der Waals surface area contributed by atoms with Crippen LogP contribution in [-0.2, 0) is 11.3 Å². The van der Waals surface area contributed by atoms with Gasteiger partial charge in [-0.05, 0) is 85.1 Å². The van der Waals surface area contributed by atoms with Gasteiger partial charge in [0.1, 0.15) is 23.8 Å². The van der Waals surface area contributed by atoms with Crippen molar-refractivity contribution in [3.8, 4) is 22.6 Å². The van der Waals surface area contributed by atoms with Crippen LogP contribution in [0.15, 0.2) is 78.4 Å². The first-order chi connectivity index (χ1) is 30.9. The summed E-state index contributed by atoms with van der Waals surface area (Å²) in [6.07, 6.45) is 1.71. The lowest BCUT2D eigenvalue weighted by Crippen LogP contribution is -2.51. The third-order valence-electron chi connectivity index (χ3n) is 11.9. The Balaban J connectivity index is 0.000000191. The predicted molar refractivity (Wildman–Crippen MR) is 258 cm³/mol. The van der Waals surface area contributed by atoms with E-state index in [1.54, 1.807) is 31.9 Å². The van der Waals surface area contributed by atoms with E-state index >= 15 is 0 Å². The molecular formula is C49H60ClN9O4S. The Kier molecular flexibility index (Phi) is 15.3. The highest BCUT2D eigenvalue weighted by atomic mass is 35.5. The zero-order chi connectivity index (χ0) is 45.5. The summed E-state index contributed by atoms with van der Waals surface area (Å²) >= 11 is 7.81. The quantitative estimate of drug-likeness (QED) is 0.0829. The zero-order valence-corrected chi connectivity index (χ0v) is 39.6. The minimum Gasteiger partial charge on any atom is -0.493 e. The second-order valence-corrected chi connectivity index (χ2v) is 18.1. The Hall–Kier alpha value is -5.38. The number of amides is 1. The summed E-state index contributed by atoms with van der Waals surface area (Å²) in [6.45, 7) is 14.5. The molecule has 1 aliphatic carbocycles. The average molecular weight is 907 g/mol. The maximum atomic E-state index is 13.5. The molecule has 0 spiro atoms. The molecule has 3 aromatic heterocycles. The number of carbonyl (C=O) groups is 1. The molecule has 13 nitrogen and oxygen atoms in total. The summed E-state index contributed by atoms with van der Waals surface area (Å²) in [7, 11) is 5.23. The van der Waals surface area contributed by atoms with Gasteiger partial charge in [0, 0.05) is 72.2 Å². The van der Waals surface area contributed by atoms with E-state index in [-0.39, 0.29) is 23.8 Å². The van der Waals surface area contributed by atoms with E-state index in [4.69, 9.17) is 21.1 Å². The van der Waals surface area contributed by atoms with Crippen LogP contribution in [0.4, 0.5) is 11.6 Å². The van der Waals surface area contributed by atoms with Crippen LogP contribution in [-0.4, -0.2) is 95.9 Å². The van der Waals surface area contributed by atoms with Gasteiger partial charge in [0.2, 0.25) is 5.91 Å². The topological polar surface area (TPSA) is 150 Å². The van der Waals surface area contributed by atoms with Crippen LogP contribution < -0.4 is 30.3 Å². The second-order valence-electron chi connectivity index (χ2n) is 16.8. The van der Waals surface area contributed by atoms with E-state index in [0.29, 0.717) is 67.5 Å². The highest BCUT2D eigenvalue weighted by Crippen LogP contribution is 2.43. The van der Waals surface area contributed by atoms with Gasteiger partial charge in [0.05, 0.1) is 43.5 Å². The number of methoxy groups -OCH3 is 2. The molecule has 0 bridgehead atoms. The SMILES string of the molecule is CC(C)NCC(C(=O)N1CCN(c2ncnc3c2C(C)CC3O)CC1)c1ccc(Cl)cc1.CNCc1ccccc1-c1csc(C(C)Nc2nc(C)nc3cc(OC)c(OC)cc23)c1. The number of carbonyl (C=O) groups excluding carboxylic acids is 1. The van der Waals surface area contributed by atoms with Crippen LogP contribution in [0.3, 0.4) is 0 Å². The molecule has 1 fully saturated rings. The van der Waals surface area contributed by atoms with E-state index in [1.807, 2.05) is 55.3 Å². The minimum atomic E-state index is -0.516. The molecule has 4 unspecified atom stereocenters. The van der Waals surface area contributed by atoms with Gasteiger partial charge in [-0.15, -0.1) is 11.3 Å². The van der Waals surface area contributed by atoms with Crippen molar-refractivity contribution in [2.24, 2.45) is 0 Å². The number of piperazine rings is 1. The average Bonchev–Trinajstić information content (AvgIpc) is 3.91. The van der Waals surface area contributed by atoms with Crippen molar-refractivity contribution in [3.05, 3.63) is 117 Å². The molecule has 6 aromatic rings. The Labute approximate surface area is 385 Å². The third-order valence-corrected chi connectivity index (χ3v) is 13.2. The largest absolute Gasteiger partial charge is 0.493 e. The molecule has 1 saturated heterocycles. The number of ether oxygens (including phenoxy) is 2. The van der Waals surface area contributed by atoms with Gasteiger partial charge in [0.15, 0.2) is 11.5 Å². The number of aliphatic hydroxyl groups excluding tert-OH is 1. The molecule has 64 heavy (non-hydrogen) atoms. The maximum absolute atomic E-state index is 13.5. The van der Waals surface area contributed by atoms with E-state index in [2.05, 4.69) is 104 Å². The van der Waals surface area contributed by atoms with Crippen molar-refractivity contribution in [1.29, 1.82) is 0 Å². The summed E-state index contributed by atoms with van der Waals surface area (Å²) < 4.78 is 10.9. The maximum Gasteiger partial charge on any atom is 0.231 e. The Bertz CT molecular complexity index is 2530. The number of nitrogens with one attached hydrogen (secondary N) is 3. The van der Waals surface area contributed by atoms with Crippen LogP contribution in [0.2, 0.25) is 5.02 Å². The van der Waals surface area contributed by atoms with Gasteiger partial charge in [-0.25, -0.2) is 19.9 Å². The number of benzene rings is 3. The highest BCUT2D eigenvalue weighted by Gasteiger charge is 2.35. The van der Waals surface area contributed by atoms with E-state index in [1.165, 1.54) is 21.6 Å². The van der Waals surface area contributed by atoms with Crippen LogP contribution in [0.1, 0.15) is 91.2 Å². The standard InChI is InChI=1S/C25H28N4O2S.C24H32ClN5O2/c1-15(24-10-18(14-32-24)19-9-7-6-8-17(19)13-26-3)27-25-20-11-22(30-4)23(31-5)12-21(20)28-16(2)29-25;1-15(2)26-13-19(17-4-6-18(25)7-5-17)24(32)30-10-8-29(9-11-30)23-21-16(3)12-20(31)22(21)27-14-28-23/h6-12,14-15,26H,13H2,1-5H3,(H,27,28,29);4-7,14-16,19-20,26,31H,8-13H2,1-3H3. The van der Waals surface area contributed by atoms with Crippen molar-refractivity contribution in [3.63, 3.8) is 0 Å². The second kappa shape index (κ2) is 21.1. The van der Waals surface area contributed by atoms with E-state index < -0.39 is 6.10 Å². The van der Waals surface area contributed by atoms with Crippen LogP contribution >= 0.6 is 22.9 Å². The van der Waals surface area contributed by atoms with Gasteiger partial charge >= 0.3 is 0 Å². The van der Waals surface area contributed by atoms with Crippen molar-refractivity contribution in [2.45, 2.75) is 77.6 Å². The first kappa shape index (κ1) is 46.6. The molecule has 15 heteroatoms. The summed E-state index contributed by atoms with van der Waals surface area (Å²) in [4.78, 5) is 37.0. The summed E-state index contributed by atoms with van der Waals surface area (Å²) in [5.41, 5.74) is 7.39. The number of anilines is 2. The fourth-order valence-corrected chi connectivity index (χ4v) is 9.58. The third kappa shape index (κ3) is 10.6. The molecule has 1 aliphatic heterocycles. The lowest BCUT2D eigenvalue weighted by atomic mass is 9.96. The number of hydrogen-bond donors (Lipinski definition) is 4. The molecule has 3 aromatic carbocycles. The van der Waals surface area contributed by atoms with Gasteiger partial charge in [-0.2, -0.15) is 0 Å². The molecule has 1 amide bonds. The molecule has 0 saturated carbocycles. The molecule has 338 valence electrons. The summed E-state index contributed by atoms with van der Waals surface area (Å²) in [6, 6.07) is 22.5. The number of hydrogen-bond acceptors (Lipinski definition) is 13. The summed E-state index contributed by atoms with van der Waals surface area (Å²) in [5, 5.41) is 24.3. The number of halogens is 1. The van der Waals surface area contributed by atoms with Gasteiger partial charge in [-0.1, -0.05) is 68.8 Å². The lowest BCUT2D eigenvalue weighted by Gasteiger charge is -2.38. The van der Waals surface area contributed by atoms with Crippen LogP contribution in [0.5, 0.6) is 11.5 Å². The Morgan fingerprint density at radius 3 is 2.39 bits per heavy atom. The highest BCUT2D eigenvalue weighted by molar-refractivity contribution is 7.10. The number of fused-ring (bicyclic) bond motifs is 2. The number of aryl methyl sites for hydroxylation is 1. The minimum absolute atomic E-state index is 0.0795. The molecule has 0 radical (unpaired) electrons. The number of aromatic nitrogens is 4. The fourth-order valence-electron chi connectivity index (χ4n) is 8.54. The van der Waals surface area contributed by atoms with Crippen molar-refractivity contribution in [2.75, 3.05) is 64.2 Å². The Morgan fingerprint density at radius 1 is 0.969 bits per heavy atom. The molecule has 2 aliphatic rings. The normalized spacial score (nSPS) is 16.9. The van der Waals surface area contributed by atoms with Gasteiger partial charge in [-0.3, -0.25) is 4.79 Å². The molecular weight excluding hydrogens is 846 g/mol. The first-order valence-corrected chi connectivity index (χ1v) is 23.2. The number of thiophene rings is 1. The first-order valence-electron chi connectivity index (χ1n) is 21.9.